The van der Waals surface area contributed by atoms with E-state index < -0.39 is 0 Å². The van der Waals surface area contributed by atoms with Crippen molar-refractivity contribution in [2.45, 2.75) is 26.4 Å². The molecule has 1 aromatic carbocycles. The molecule has 0 aliphatic carbocycles. The van der Waals surface area contributed by atoms with E-state index in [0.29, 0.717) is 17.4 Å². The Balaban J connectivity index is 2.37. The van der Waals surface area contributed by atoms with Crippen LogP contribution in [0.25, 0.3) is 11.5 Å². The molecular formula is C13H17N3O2. The van der Waals surface area contributed by atoms with Crippen molar-refractivity contribution < 1.29 is 9.26 Å². The normalized spacial score (nSPS) is 12.6. The van der Waals surface area contributed by atoms with Gasteiger partial charge in [0.25, 0.3) is 5.89 Å². The van der Waals surface area contributed by atoms with E-state index in [1.54, 1.807) is 7.11 Å². The van der Waals surface area contributed by atoms with Gasteiger partial charge in [-0.3, -0.25) is 0 Å². The molecular weight excluding hydrogens is 230 g/mol. The van der Waals surface area contributed by atoms with Gasteiger partial charge in [-0.05, 0) is 31.0 Å². The summed E-state index contributed by atoms with van der Waals surface area (Å²) in [4.78, 5) is 4.37. The number of nitrogen functional groups attached to an aromatic ring is 1. The maximum absolute atomic E-state index is 5.77. The predicted molar refractivity (Wildman–Crippen MR) is 68.9 cm³/mol. The molecule has 18 heavy (non-hydrogen) atoms. The monoisotopic (exact) mass is 247 g/mol. The lowest BCUT2D eigenvalue weighted by Crippen LogP contribution is -2.01. The molecule has 0 saturated carbocycles. The van der Waals surface area contributed by atoms with Gasteiger partial charge in [-0.15, -0.1) is 0 Å². The summed E-state index contributed by atoms with van der Waals surface area (Å²) in [6.45, 7) is 3.99. The van der Waals surface area contributed by atoms with Gasteiger partial charge in [-0.1, -0.05) is 18.1 Å². The number of hydrogen-bond acceptors (Lipinski definition) is 5. The molecule has 1 heterocycles. The number of ether oxygens (including phenoxy) is 1. The number of methoxy groups -OCH3 is 1. The Bertz CT molecular complexity index is 533. The Morgan fingerprint density at radius 3 is 2.89 bits per heavy atom. The minimum absolute atomic E-state index is 0.135. The molecule has 0 amide bonds. The molecule has 0 aliphatic rings. The fourth-order valence-electron chi connectivity index (χ4n) is 1.80. The van der Waals surface area contributed by atoms with E-state index in [1.807, 2.05) is 32.0 Å². The number of hydrogen-bond donors (Lipinski definition) is 1. The SMILES string of the molecule is CCC(OC)c1noc(-c2cc(N)ccc2C)n1. The zero-order chi connectivity index (χ0) is 13.1. The summed E-state index contributed by atoms with van der Waals surface area (Å²) >= 11 is 0. The lowest BCUT2D eigenvalue weighted by Gasteiger charge is -2.06. The summed E-state index contributed by atoms with van der Waals surface area (Å²) in [7, 11) is 1.63. The van der Waals surface area contributed by atoms with Crippen LogP contribution in [-0.4, -0.2) is 17.3 Å². The van der Waals surface area contributed by atoms with Crippen LogP contribution >= 0.6 is 0 Å². The van der Waals surface area contributed by atoms with Gasteiger partial charge in [0.05, 0.1) is 0 Å². The number of nitrogens with two attached hydrogens (primary N) is 1. The summed E-state index contributed by atoms with van der Waals surface area (Å²) in [5.41, 5.74) is 8.35. The third kappa shape index (κ3) is 2.36. The van der Waals surface area contributed by atoms with Crippen LogP contribution in [0.4, 0.5) is 5.69 Å². The highest BCUT2D eigenvalue weighted by molar-refractivity contribution is 5.63. The summed E-state index contributed by atoms with van der Waals surface area (Å²) in [5.74, 6) is 1.04. The highest BCUT2D eigenvalue weighted by Crippen LogP contribution is 2.26. The Kier molecular flexibility index (Phi) is 3.62. The first kappa shape index (κ1) is 12.6. The summed E-state index contributed by atoms with van der Waals surface area (Å²) in [5, 5.41) is 3.95. The molecule has 0 spiro atoms. The molecule has 0 fully saturated rings. The van der Waals surface area contributed by atoms with Gasteiger partial charge in [-0.25, -0.2) is 0 Å². The van der Waals surface area contributed by atoms with Crippen LogP contribution in [0.1, 0.15) is 30.8 Å². The average Bonchev–Trinajstić information content (AvgIpc) is 2.83. The van der Waals surface area contributed by atoms with Crippen LogP contribution in [0.3, 0.4) is 0 Å². The van der Waals surface area contributed by atoms with Gasteiger partial charge < -0.3 is 15.0 Å². The van der Waals surface area contributed by atoms with E-state index >= 15 is 0 Å². The first-order valence-electron chi connectivity index (χ1n) is 5.88. The Labute approximate surface area is 106 Å². The zero-order valence-electron chi connectivity index (χ0n) is 10.8. The number of anilines is 1. The van der Waals surface area contributed by atoms with E-state index in [0.717, 1.165) is 17.5 Å². The Morgan fingerprint density at radius 2 is 2.22 bits per heavy atom. The standard InChI is InChI=1S/C13H17N3O2/c1-4-11(17-3)12-15-13(18-16-12)10-7-9(14)6-5-8(10)2/h5-7,11H,4,14H2,1-3H3. The molecule has 96 valence electrons. The number of aromatic nitrogens is 2. The molecule has 2 aromatic rings. The van der Waals surface area contributed by atoms with E-state index in [-0.39, 0.29) is 6.10 Å². The third-order valence-corrected chi connectivity index (χ3v) is 2.88. The summed E-state index contributed by atoms with van der Waals surface area (Å²) in [6.07, 6.45) is 0.662. The van der Waals surface area contributed by atoms with Crippen molar-refractivity contribution >= 4 is 5.69 Å². The van der Waals surface area contributed by atoms with Gasteiger partial charge in [-0.2, -0.15) is 4.98 Å². The fourth-order valence-corrected chi connectivity index (χ4v) is 1.80. The van der Waals surface area contributed by atoms with Gasteiger partial charge in [0.15, 0.2) is 0 Å². The largest absolute Gasteiger partial charge is 0.399 e. The van der Waals surface area contributed by atoms with Crippen molar-refractivity contribution in [1.29, 1.82) is 0 Å². The molecule has 1 aromatic heterocycles. The molecule has 1 atom stereocenters. The number of benzene rings is 1. The van der Waals surface area contributed by atoms with Crippen molar-refractivity contribution in [3.05, 3.63) is 29.6 Å². The molecule has 0 radical (unpaired) electrons. The van der Waals surface area contributed by atoms with E-state index in [2.05, 4.69) is 10.1 Å². The molecule has 1 unspecified atom stereocenters. The maximum Gasteiger partial charge on any atom is 0.258 e. The van der Waals surface area contributed by atoms with Crippen LogP contribution in [0.5, 0.6) is 0 Å². The average molecular weight is 247 g/mol. The number of nitrogens with zero attached hydrogens (tertiary/aromatic N) is 2. The van der Waals surface area contributed by atoms with Gasteiger partial charge >= 0.3 is 0 Å². The lowest BCUT2D eigenvalue weighted by atomic mass is 10.1. The second-order valence-corrected chi connectivity index (χ2v) is 4.16. The van der Waals surface area contributed by atoms with E-state index in [9.17, 15) is 0 Å². The fraction of sp³-hybridized carbons (Fsp3) is 0.385. The zero-order valence-corrected chi connectivity index (χ0v) is 10.8. The maximum atomic E-state index is 5.77. The second kappa shape index (κ2) is 5.18. The highest BCUT2D eigenvalue weighted by Gasteiger charge is 2.17. The first-order chi connectivity index (χ1) is 8.65. The topological polar surface area (TPSA) is 74.2 Å². The van der Waals surface area contributed by atoms with E-state index in [1.165, 1.54) is 0 Å². The van der Waals surface area contributed by atoms with Crippen molar-refractivity contribution in [2.24, 2.45) is 0 Å². The minimum atomic E-state index is -0.135. The Hall–Kier alpha value is -1.88. The lowest BCUT2D eigenvalue weighted by molar-refractivity contribution is 0.0903. The van der Waals surface area contributed by atoms with Crippen LogP contribution in [0.2, 0.25) is 0 Å². The number of aryl methyl sites for hydroxylation is 1. The Morgan fingerprint density at radius 1 is 1.44 bits per heavy atom. The summed E-state index contributed by atoms with van der Waals surface area (Å²) in [6, 6.07) is 5.61. The van der Waals surface area contributed by atoms with E-state index in [4.69, 9.17) is 15.0 Å². The molecule has 0 aliphatic heterocycles. The van der Waals surface area contributed by atoms with Crippen LogP contribution in [-0.2, 0) is 4.74 Å². The molecule has 5 nitrogen and oxygen atoms in total. The smallest absolute Gasteiger partial charge is 0.258 e. The van der Waals surface area contributed by atoms with Crippen molar-refractivity contribution in [3.63, 3.8) is 0 Å². The van der Waals surface area contributed by atoms with Crippen LogP contribution in [0.15, 0.2) is 22.7 Å². The van der Waals surface area contributed by atoms with Gasteiger partial charge in [0, 0.05) is 18.4 Å². The minimum Gasteiger partial charge on any atom is -0.399 e. The molecule has 2 N–H and O–H groups in total. The molecule has 0 bridgehead atoms. The van der Waals surface area contributed by atoms with Crippen molar-refractivity contribution in [3.8, 4) is 11.5 Å². The quantitative estimate of drug-likeness (QED) is 0.841. The highest BCUT2D eigenvalue weighted by atomic mass is 16.5. The number of rotatable bonds is 4. The molecule has 2 rings (SSSR count). The van der Waals surface area contributed by atoms with Crippen LogP contribution < -0.4 is 5.73 Å². The first-order valence-corrected chi connectivity index (χ1v) is 5.88. The third-order valence-electron chi connectivity index (χ3n) is 2.88. The van der Waals surface area contributed by atoms with Crippen molar-refractivity contribution in [2.75, 3.05) is 12.8 Å². The predicted octanol–water partition coefficient (Wildman–Crippen LogP) is 2.72. The molecule has 5 heteroatoms. The second-order valence-electron chi connectivity index (χ2n) is 4.16. The molecule has 0 saturated heterocycles. The summed E-state index contributed by atoms with van der Waals surface area (Å²) < 4.78 is 10.6. The van der Waals surface area contributed by atoms with Crippen molar-refractivity contribution in [1.82, 2.24) is 10.1 Å². The van der Waals surface area contributed by atoms with Gasteiger partial charge in [0.2, 0.25) is 5.82 Å². The van der Waals surface area contributed by atoms with Crippen LogP contribution in [0, 0.1) is 6.92 Å². The van der Waals surface area contributed by atoms with Gasteiger partial charge in [0.1, 0.15) is 6.10 Å².